The summed E-state index contributed by atoms with van der Waals surface area (Å²) in [5, 5.41) is 6.78. The summed E-state index contributed by atoms with van der Waals surface area (Å²) >= 11 is 0. The van der Waals surface area contributed by atoms with Crippen molar-refractivity contribution in [2.24, 2.45) is 0 Å². The smallest absolute Gasteiger partial charge is 0.258 e. The molecule has 0 saturated carbocycles. The van der Waals surface area contributed by atoms with Gasteiger partial charge in [0, 0.05) is 58.8 Å². The summed E-state index contributed by atoms with van der Waals surface area (Å²) in [5.74, 6) is 0.0228. The van der Waals surface area contributed by atoms with E-state index in [4.69, 9.17) is 0 Å². The number of pyridine rings is 2. The summed E-state index contributed by atoms with van der Waals surface area (Å²) < 4.78 is 0. The highest BCUT2D eigenvalue weighted by atomic mass is 16.2. The predicted molar refractivity (Wildman–Crippen MR) is 123 cm³/mol. The molecule has 1 amide bonds. The quantitative estimate of drug-likeness (QED) is 0.461. The Morgan fingerprint density at radius 1 is 0.806 bits per heavy atom. The molecule has 0 aliphatic carbocycles. The van der Waals surface area contributed by atoms with Crippen molar-refractivity contribution in [1.29, 1.82) is 0 Å². The van der Waals surface area contributed by atoms with Gasteiger partial charge in [0.25, 0.3) is 5.91 Å². The van der Waals surface area contributed by atoms with Crippen molar-refractivity contribution in [3.8, 4) is 0 Å². The average molecular weight is 407 g/mol. The van der Waals surface area contributed by atoms with E-state index in [-0.39, 0.29) is 5.91 Å². The molecular weight excluding hydrogens is 386 g/mol. The van der Waals surface area contributed by atoms with Gasteiger partial charge in [-0.3, -0.25) is 14.8 Å². The molecule has 152 valence electrons. The number of hydrogen-bond acceptors (Lipinski definition) is 5. The molecule has 3 heterocycles. The normalized spacial score (nSPS) is 12.5. The summed E-state index contributed by atoms with van der Waals surface area (Å²) in [6.45, 7) is 2.60. The minimum atomic E-state index is 0.0228. The fourth-order valence-electron chi connectivity index (χ4n) is 3.82. The molecule has 0 spiro atoms. The van der Waals surface area contributed by atoms with Gasteiger partial charge in [0.1, 0.15) is 0 Å². The molecule has 2 N–H and O–H groups in total. The van der Waals surface area contributed by atoms with Gasteiger partial charge in [0.15, 0.2) is 0 Å². The molecule has 6 nitrogen and oxygen atoms in total. The molecule has 5 rings (SSSR count). The fraction of sp³-hybridized carbons (Fsp3) is 0.0800. The number of carbonyl (C=O) groups is 1. The summed E-state index contributed by atoms with van der Waals surface area (Å²) in [6, 6.07) is 19.4. The Morgan fingerprint density at radius 2 is 1.48 bits per heavy atom. The zero-order chi connectivity index (χ0) is 21.2. The minimum absolute atomic E-state index is 0.0228. The van der Waals surface area contributed by atoms with Gasteiger partial charge in [-0.1, -0.05) is 6.07 Å². The van der Waals surface area contributed by atoms with E-state index in [0.717, 1.165) is 45.1 Å². The lowest BCUT2D eigenvalue weighted by Crippen LogP contribution is -2.22. The number of nitrogens with zero attached hydrogens (tertiary/aromatic N) is 3. The number of nitrogens with one attached hydrogen (secondary N) is 2. The standard InChI is InChI=1S/C25H21N5O/c1-17-23-16-30(21-4-2-3-20(15-21)28-18-7-11-26-12-8-18)25(31)22(23)5-6-24(17)29-19-9-13-27-14-10-19/h2-15H,16H2,1H3,(H,26,28)(H,27,29). The number of anilines is 5. The first kappa shape index (κ1) is 18.8. The predicted octanol–water partition coefficient (Wildman–Crippen LogP) is 5.43. The fourth-order valence-corrected chi connectivity index (χ4v) is 3.82. The van der Waals surface area contributed by atoms with Crippen molar-refractivity contribution in [3.63, 3.8) is 0 Å². The van der Waals surface area contributed by atoms with Crippen molar-refractivity contribution in [2.75, 3.05) is 15.5 Å². The lowest BCUT2D eigenvalue weighted by Gasteiger charge is -2.17. The van der Waals surface area contributed by atoms with Crippen molar-refractivity contribution < 1.29 is 4.79 Å². The third kappa shape index (κ3) is 3.71. The first-order valence-electron chi connectivity index (χ1n) is 10.1. The Balaban J connectivity index is 1.41. The topological polar surface area (TPSA) is 70.2 Å². The molecule has 2 aromatic carbocycles. The Morgan fingerprint density at radius 3 is 2.19 bits per heavy atom. The van der Waals surface area contributed by atoms with Gasteiger partial charge in [-0.15, -0.1) is 0 Å². The van der Waals surface area contributed by atoms with Crippen LogP contribution >= 0.6 is 0 Å². The van der Waals surface area contributed by atoms with Gasteiger partial charge >= 0.3 is 0 Å². The number of aromatic nitrogens is 2. The lowest BCUT2D eigenvalue weighted by molar-refractivity contribution is 0.0996. The molecular formula is C25H21N5O. The molecule has 0 atom stereocenters. The van der Waals surface area contributed by atoms with Crippen LogP contribution in [-0.4, -0.2) is 15.9 Å². The van der Waals surface area contributed by atoms with Crippen LogP contribution in [0.25, 0.3) is 0 Å². The first-order valence-corrected chi connectivity index (χ1v) is 10.1. The maximum atomic E-state index is 13.2. The van der Waals surface area contributed by atoms with Gasteiger partial charge in [-0.25, -0.2) is 0 Å². The van der Waals surface area contributed by atoms with Gasteiger partial charge in [0.05, 0.1) is 6.54 Å². The molecule has 1 aliphatic rings. The minimum Gasteiger partial charge on any atom is -0.355 e. The van der Waals surface area contributed by atoms with Gasteiger partial charge in [-0.05, 0) is 72.6 Å². The van der Waals surface area contributed by atoms with Crippen LogP contribution < -0.4 is 15.5 Å². The molecule has 6 heteroatoms. The van der Waals surface area contributed by atoms with E-state index >= 15 is 0 Å². The van der Waals surface area contributed by atoms with Gasteiger partial charge in [-0.2, -0.15) is 0 Å². The SMILES string of the molecule is Cc1c(Nc2ccncc2)ccc2c1CN(c1cccc(Nc3ccncc3)c1)C2=O. The van der Waals surface area contributed by atoms with Crippen molar-refractivity contribution in [3.05, 3.63) is 102 Å². The van der Waals surface area contributed by atoms with E-state index < -0.39 is 0 Å². The van der Waals surface area contributed by atoms with E-state index in [1.807, 2.05) is 65.6 Å². The van der Waals surface area contributed by atoms with Crippen LogP contribution in [-0.2, 0) is 6.54 Å². The molecule has 31 heavy (non-hydrogen) atoms. The zero-order valence-electron chi connectivity index (χ0n) is 17.0. The highest BCUT2D eigenvalue weighted by molar-refractivity contribution is 6.11. The van der Waals surface area contributed by atoms with Crippen molar-refractivity contribution >= 4 is 34.3 Å². The van der Waals surface area contributed by atoms with E-state index in [1.165, 1.54) is 0 Å². The largest absolute Gasteiger partial charge is 0.355 e. The third-order valence-corrected chi connectivity index (χ3v) is 5.48. The second-order valence-corrected chi connectivity index (χ2v) is 7.43. The summed E-state index contributed by atoms with van der Waals surface area (Å²) in [5.41, 5.74) is 7.58. The second kappa shape index (κ2) is 7.91. The highest BCUT2D eigenvalue weighted by Crippen LogP contribution is 2.35. The Hall–Kier alpha value is -4.19. The third-order valence-electron chi connectivity index (χ3n) is 5.48. The number of carbonyl (C=O) groups excluding carboxylic acids is 1. The monoisotopic (exact) mass is 407 g/mol. The number of rotatable bonds is 5. The highest BCUT2D eigenvalue weighted by Gasteiger charge is 2.30. The molecule has 0 bridgehead atoms. The van der Waals surface area contributed by atoms with Crippen LogP contribution in [0.4, 0.5) is 28.4 Å². The molecule has 0 unspecified atom stereocenters. The summed E-state index contributed by atoms with van der Waals surface area (Å²) in [4.78, 5) is 23.1. The van der Waals surface area contributed by atoms with E-state index in [2.05, 4.69) is 27.5 Å². The maximum Gasteiger partial charge on any atom is 0.258 e. The summed E-state index contributed by atoms with van der Waals surface area (Å²) in [6.07, 6.45) is 6.99. The first-order chi connectivity index (χ1) is 15.2. The van der Waals surface area contributed by atoms with Crippen LogP contribution in [0.3, 0.4) is 0 Å². The van der Waals surface area contributed by atoms with Crippen LogP contribution in [0.15, 0.2) is 85.5 Å². The molecule has 4 aromatic rings. The molecule has 0 radical (unpaired) electrons. The number of fused-ring (bicyclic) bond motifs is 1. The summed E-state index contributed by atoms with van der Waals surface area (Å²) in [7, 11) is 0. The lowest BCUT2D eigenvalue weighted by atomic mass is 10.0. The molecule has 1 aliphatic heterocycles. The van der Waals surface area contributed by atoms with Crippen LogP contribution in [0.5, 0.6) is 0 Å². The van der Waals surface area contributed by atoms with Crippen LogP contribution in [0, 0.1) is 6.92 Å². The Bertz CT molecular complexity index is 1240. The van der Waals surface area contributed by atoms with Crippen LogP contribution in [0.1, 0.15) is 21.5 Å². The molecule has 2 aromatic heterocycles. The Kier molecular flexibility index (Phi) is 4.80. The van der Waals surface area contributed by atoms with E-state index in [0.29, 0.717) is 6.54 Å². The number of benzene rings is 2. The van der Waals surface area contributed by atoms with Crippen molar-refractivity contribution in [1.82, 2.24) is 9.97 Å². The number of hydrogen-bond donors (Lipinski definition) is 2. The van der Waals surface area contributed by atoms with E-state index in [9.17, 15) is 4.79 Å². The van der Waals surface area contributed by atoms with Gasteiger partial charge < -0.3 is 15.5 Å². The average Bonchev–Trinajstić information content (AvgIpc) is 3.14. The Labute approximate surface area is 180 Å². The molecule has 0 fully saturated rings. The maximum absolute atomic E-state index is 13.2. The van der Waals surface area contributed by atoms with E-state index in [1.54, 1.807) is 24.8 Å². The zero-order valence-corrected chi connectivity index (χ0v) is 17.0. The van der Waals surface area contributed by atoms with Crippen LogP contribution in [0.2, 0.25) is 0 Å². The molecule has 0 saturated heterocycles. The van der Waals surface area contributed by atoms with Crippen molar-refractivity contribution in [2.45, 2.75) is 13.5 Å². The van der Waals surface area contributed by atoms with Gasteiger partial charge in [0.2, 0.25) is 0 Å². The second-order valence-electron chi connectivity index (χ2n) is 7.43. The number of amides is 1.